The number of fused-ring (bicyclic) bond motifs is 1. The summed E-state index contributed by atoms with van der Waals surface area (Å²) in [7, 11) is 0. The average Bonchev–Trinajstić information content (AvgIpc) is 3.57. The van der Waals surface area contributed by atoms with Crippen molar-refractivity contribution in [3.63, 3.8) is 0 Å². The molecule has 0 saturated carbocycles. The number of hydrazine groups is 1. The van der Waals surface area contributed by atoms with Crippen LogP contribution in [0.4, 0.5) is 0 Å². The largest absolute Gasteiger partial charge is 0.508 e. The maximum absolute atomic E-state index is 10.2. The number of rotatable bonds is 14. The van der Waals surface area contributed by atoms with E-state index < -0.39 is 0 Å². The van der Waals surface area contributed by atoms with E-state index in [-0.39, 0.29) is 28.5 Å². The minimum Gasteiger partial charge on any atom is -0.508 e. The van der Waals surface area contributed by atoms with Gasteiger partial charge in [0, 0.05) is 29.5 Å². The first-order chi connectivity index (χ1) is 17.4. The van der Waals surface area contributed by atoms with Gasteiger partial charge in [0.05, 0.1) is 6.61 Å². The number of nitrogens with zero attached hydrogens (tertiary/aromatic N) is 1. The van der Waals surface area contributed by atoms with Gasteiger partial charge in [-0.25, -0.2) is 10.4 Å². The van der Waals surface area contributed by atoms with Crippen LogP contribution in [0.15, 0.2) is 42.5 Å². The summed E-state index contributed by atoms with van der Waals surface area (Å²) in [5.41, 5.74) is 5.76. The minimum atomic E-state index is -0.286. The van der Waals surface area contributed by atoms with E-state index in [9.17, 15) is 10.2 Å². The summed E-state index contributed by atoms with van der Waals surface area (Å²) in [6, 6.07) is 13.3. The lowest BCUT2D eigenvalue weighted by atomic mass is 9.63. The number of aromatic hydroxyl groups is 2. The van der Waals surface area contributed by atoms with Gasteiger partial charge in [0.15, 0.2) is 0 Å². The van der Waals surface area contributed by atoms with Crippen molar-refractivity contribution in [2.24, 2.45) is 0 Å². The number of phenolic OH excluding ortho intramolecular Hbond substituents is 2. The SMILES string of the molecule is CCCCCCCCCCC1(C2c3ccc(O)cc3OCC2(C)c2ccc(O)cc2)NN1CCCC. The van der Waals surface area contributed by atoms with Crippen molar-refractivity contribution < 1.29 is 14.9 Å². The number of nitrogens with one attached hydrogen (secondary N) is 1. The van der Waals surface area contributed by atoms with E-state index in [0.29, 0.717) is 6.61 Å². The number of phenols is 2. The lowest BCUT2D eigenvalue weighted by Crippen LogP contribution is -2.49. The maximum Gasteiger partial charge on any atom is 0.126 e. The highest BCUT2D eigenvalue weighted by molar-refractivity contribution is 5.50. The molecule has 0 bridgehead atoms. The molecule has 1 fully saturated rings. The lowest BCUT2D eigenvalue weighted by molar-refractivity contribution is 0.128. The summed E-state index contributed by atoms with van der Waals surface area (Å²) in [5.74, 6) is 1.46. The molecule has 5 heteroatoms. The van der Waals surface area contributed by atoms with E-state index >= 15 is 0 Å². The molecule has 4 unspecified atom stereocenters. The maximum atomic E-state index is 10.2. The molecule has 5 nitrogen and oxygen atoms in total. The van der Waals surface area contributed by atoms with Crippen LogP contribution < -0.4 is 10.2 Å². The van der Waals surface area contributed by atoms with Crippen molar-refractivity contribution in [3.05, 3.63) is 53.6 Å². The van der Waals surface area contributed by atoms with E-state index in [1.54, 1.807) is 24.3 Å². The molecule has 2 aliphatic heterocycles. The normalized spacial score (nSPS) is 26.9. The van der Waals surface area contributed by atoms with Gasteiger partial charge in [-0.3, -0.25) is 0 Å². The summed E-state index contributed by atoms with van der Waals surface area (Å²) < 4.78 is 6.30. The first kappa shape index (κ1) is 26.8. The summed E-state index contributed by atoms with van der Waals surface area (Å²) in [4.78, 5) is 0. The third kappa shape index (κ3) is 5.68. The molecule has 4 rings (SSSR count). The van der Waals surface area contributed by atoms with Crippen molar-refractivity contribution in [2.45, 2.75) is 108 Å². The summed E-state index contributed by atoms with van der Waals surface area (Å²) in [6.45, 7) is 8.38. The first-order valence-electron chi connectivity index (χ1n) is 14.3. The average molecular weight is 495 g/mol. The van der Waals surface area contributed by atoms with E-state index in [0.717, 1.165) is 30.7 Å². The fraction of sp³-hybridized carbons (Fsp3) is 0.613. The Labute approximate surface area is 217 Å². The van der Waals surface area contributed by atoms with Crippen molar-refractivity contribution in [1.29, 1.82) is 0 Å². The molecule has 2 aliphatic rings. The number of unbranched alkanes of at least 4 members (excludes halogenated alkanes) is 8. The van der Waals surface area contributed by atoms with Gasteiger partial charge in [0.25, 0.3) is 0 Å². The smallest absolute Gasteiger partial charge is 0.126 e. The van der Waals surface area contributed by atoms with E-state index in [4.69, 9.17) is 4.74 Å². The molecule has 4 atom stereocenters. The van der Waals surface area contributed by atoms with Crippen LogP contribution in [-0.4, -0.2) is 34.0 Å². The van der Waals surface area contributed by atoms with Gasteiger partial charge >= 0.3 is 0 Å². The molecule has 3 N–H and O–H groups in total. The standard InChI is InChI=1S/C31H46N2O3/c1-4-6-8-9-10-11-12-13-20-31(32-33(31)21-7-5-2)29-27-19-18-26(35)22-28(27)36-23-30(29,3)24-14-16-25(34)17-15-24/h14-19,22,29,32,34-35H,4-13,20-21,23H2,1-3H3. The van der Waals surface area contributed by atoms with Gasteiger partial charge in [-0.2, -0.15) is 0 Å². The molecule has 0 radical (unpaired) electrons. The topological polar surface area (TPSA) is 74.6 Å². The molecular formula is C31H46N2O3. The highest BCUT2D eigenvalue weighted by Gasteiger charge is 2.63. The van der Waals surface area contributed by atoms with Gasteiger partial charge in [-0.15, -0.1) is 0 Å². The van der Waals surface area contributed by atoms with Crippen molar-refractivity contribution in [1.82, 2.24) is 10.4 Å². The van der Waals surface area contributed by atoms with Crippen LogP contribution in [0, 0.1) is 0 Å². The first-order valence-corrected chi connectivity index (χ1v) is 14.3. The van der Waals surface area contributed by atoms with Gasteiger partial charge in [-0.1, -0.05) is 96.8 Å². The number of hydrogen-bond acceptors (Lipinski definition) is 5. The Kier molecular flexibility index (Phi) is 8.84. The van der Waals surface area contributed by atoms with Crippen LogP contribution in [0.5, 0.6) is 17.2 Å². The zero-order valence-electron chi connectivity index (χ0n) is 22.6. The number of hydrogen-bond donors (Lipinski definition) is 3. The van der Waals surface area contributed by atoms with Crippen LogP contribution in [0.1, 0.15) is 108 Å². The van der Waals surface area contributed by atoms with Gasteiger partial charge in [0.2, 0.25) is 0 Å². The van der Waals surface area contributed by atoms with Gasteiger partial charge in [0.1, 0.15) is 22.9 Å². The molecule has 0 spiro atoms. The molecule has 1 saturated heterocycles. The Balaban J connectivity index is 1.61. The Morgan fingerprint density at radius 1 is 0.861 bits per heavy atom. The second-order valence-electron chi connectivity index (χ2n) is 11.2. The predicted molar refractivity (Wildman–Crippen MR) is 147 cm³/mol. The number of ether oxygens (including phenoxy) is 1. The van der Waals surface area contributed by atoms with Crippen molar-refractivity contribution in [3.8, 4) is 17.2 Å². The highest BCUT2D eigenvalue weighted by atomic mass is 16.5. The second-order valence-corrected chi connectivity index (χ2v) is 11.2. The molecule has 2 heterocycles. The quantitative estimate of drug-likeness (QED) is 0.189. The Bertz CT molecular complexity index is 978. The fourth-order valence-electron chi connectivity index (χ4n) is 6.28. The molecule has 2 aromatic carbocycles. The third-order valence-electron chi connectivity index (χ3n) is 8.38. The lowest BCUT2D eigenvalue weighted by Gasteiger charge is -2.46. The monoisotopic (exact) mass is 494 g/mol. The van der Waals surface area contributed by atoms with Gasteiger partial charge < -0.3 is 14.9 Å². The van der Waals surface area contributed by atoms with Crippen LogP contribution in [0.25, 0.3) is 0 Å². The van der Waals surface area contributed by atoms with Crippen LogP contribution in [0.3, 0.4) is 0 Å². The van der Waals surface area contributed by atoms with Crippen molar-refractivity contribution in [2.75, 3.05) is 13.2 Å². The Hall–Kier alpha value is -2.24. The predicted octanol–water partition coefficient (Wildman–Crippen LogP) is 7.38. The molecule has 0 aliphatic carbocycles. The molecule has 2 aromatic rings. The molecular weight excluding hydrogens is 448 g/mol. The van der Waals surface area contributed by atoms with Crippen LogP contribution in [0.2, 0.25) is 0 Å². The zero-order chi connectivity index (χ0) is 25.6. The number of benzene rings is 2. The van der Waals surface area contributed by atoms with E-state index in [1.807, 2.05) is 12.1 Å². The zero-order valence-corrected chi connectivity index (χ0v) is 22.6. The summed E-state index contributed by atoms with van der Waals surface area (Å²) >= 11 is 0. The molecule has 36 heavy (non-hydrogen) atoms. The summed E-state index contributed by atoms with van der Waals surface area (Å²) in [6.07, 6.45) is 13.9. The minimum absolute atomic E-state index is 0.139. The van der Waals surface area contributed by atoms with Crippen molar-refractivity contribution >= 4 is 0 Å². The Morgan fingerprint density at radius 3 is 2.19 bits per heavy atom. The van der Waals surface area contributed by atoms with Crippen LogP contribution in [-0.2, 0) is 5.41 Å². The molecule has 0 amide bonds. The second kappa shape index (κ2) is 11.9. The summed E-state index contributed by atoms with van der Waals surface area (Å²) in [5, 5.41) is 22.6. The Morgan fingerprint density at radius 2 is 1.50 bits per heavy atom. The third-order valence-corrected chi connectivity index (χ3v) is 8.38. The fourth-order valence-corrected chi connectivity index (χ4v) is 6.28. The van der Waals surface area contributed by atoms with E-state index in [1.165, 1.54) is 63.4 Å². The highest BCUT2D eigenvalue weighted by Crippen LogP contribution is 2.57. The van der Waals surface area contributed by atoms with E-state index in [2.05, 4.69) is 37.3 Å². The van der Waals surface area contributed by atoms with Gasteiger partial charge in [-0.05, 0) is 36.6 Å². The molecule has 0 aromatic heterocycles. The van der Waals surface area contributed by atoms with Crippen LogP contribution >= 0.6 is 0 Å². The molecule has 198 valence electrons.